The largest absolute Gasteiger partial charge is 0.330 e. The summed E-state index contributed by atoms with van der Waals surface area (Å²) in [4.78, 5) is 2.14. The third-order valence-corrected chi connectivity index (χ3v) is 7.87. The van der Waals surface area contributed by atoms with Crippen LogP contribution in [0.4, 0.5) is 10.8 Å². The van der Waals surface area contributed by atoms with Crippen molar-refractivity contribution in [3.8, 4) is 0 Å². The number of hydrogen-bond acceptors (Lipinski definition) is 7. The predicted octanol–water partition coefficient (Wildman–Crippen LogP) is 3.50. The molecule has 3 rings (SSSR count). The van der Waals surface area contributed by atoms with Gasteiger partial charge >= 0.3 is 0 Å². The van der Waals surface area contributed by atoms with Crippen molar-refractivity contribution in [1.82, 2.24) is 14.7 Å². The van der Waals surface area contributed by atoms with Crippen LogP contribution in [0.2, 0.25) is 0 Å². The Bertz CT molecular complexity index is 949. The average molecular weight is 413 g/mol. The SMILES string of the molecule is CCN(Cn1nc(Nc2cccc(C)c2C)sc1=S)[C@H]1CCS(=O)(=O)C1. The first-order chi connectivity index (χ1) is 12.3. The van der Waals surface area contributed by atoms with Crippen molar-refractivity contribution in [3.63, 3.8) is 0 Å². The summed E-state index contributed by atoms with van der Waals surface area (Å²) in [5, 5.41) is 8.70. The summed E-state index contributed by atoms with van der Waals surface area (Å²) in [6.45, 7) is 7.47. The Labute approximate surface area is 163 Å². The van der Waals surface area contributed by atoms with Crippen LogP contribution >= 0.6 is 23.6 Å². The summed E-state index contributed by atoms with van der Waals surface area (Å²) in [6.07, 6.45) is 0.682. The molecule has 6 nitrogen and oxygen atoms in total. The lowest BCUT2D eigenvalue weighted by molar-refractivity contribution is 0.165. The Kier molecular flexibility index (Phi) is 5.81. The summed E-state index contributed by atoms with van der Waals surface area (Å²) in [6, 6.07) is 6.17. The Hall–Kier alpha value is -1.29. The van der Waals surface area contributed by atoms with E-state index in [2.05, 4.69) is 35.2 Å². The number of benzene rings is 1. The summed E-state index contributed by atoms with van der Waals surface area (Å²) in [5.74, 6) is 0.502. The Morgan fingerprint density at radius 1 is 1.42 bits per heavy atom. The molecule has 1 N–H and O–H groups in total. The fourth-order valence-corrected chi connectivity index (χ4v) is 5.92. The molecular weight excluding hydrogens is 388 g/mol. The normalized spacial score (nSPS) is 19.2. The van der Waals surface area contributed by atoms with Crippen molar-refractivity contribution < 1.29 is 8.42 Å². The molecule has 26 heavy (non-hydrogen) atoms. The number of rotatable bonds is 6. The van der Waals surface area contributed by atoms with E-state index in [9.17, 15) is 8.42 Å². The van der Waals surface area contributed by atoms with Gasteiger partial charge in [-0.05, 0) is 56.2 Å². The monoisotopic (exact) mass is 412 g/mol. The number of nitrogens with zero attached hydrogens (tertiary/aromatic N) is 3. The van der Waals surface area contributed by atoms with Gasteiger partial charge in [0.15, 0.2) is 13.8 Å². The highest BCUT2D eigenvalue weighted by atomic mass is 32.2. The molecule has 0 aliphatic carbocycles. The molecule has 0 spiro atoms. The molecule has 9 heteroatoms. The van der Waals surface area contributed by atoms with Gasteiger partial charge in [0.25, 0.3) is 0 Å². The van der Waals surface area contributed by atoms with Crippen LogP contribution in [-0.4, -0.2) is 47.2 Å². The number of nitrogens with one attached hydrogen (secondary N) is 1. The molecule has 1 aromatic heterocycles. The molecule has 1 saturated heterocycles. The second-order valence-corrected chi connectivity index (χ2v) is 10.5. The zero-order valence-corrected chi connectivity index (χ0v) is 17.7. The highest BCUT2D eigenvalue weighted by Crippen LogP contribution is 2.25. The van der Waals surface area contributed by atoms with Crippen molar-refractivity contribution in [1.29, 1.82) is 0 Å². The van der Waals surface area contributed by atoms with Crippen LogP contribution < -0.4 is 5.32 Å². The standard InChI is InChI=1S/C17H24N4O2S3/c1-4-20(14-8-9-26(22,23)10-14)11-21-17(24)25-16(19-21)18-15-7-5-6-12(2)13(15)3/h5-7,14H,4,8-11H2,1-3H3,(H,18,19)/t14-/m0/s1. The van der Waals surface area contributed by atoms with E-state index in [1.807, 2.05) is 19.1 Å². The van der Waals surface area contributed by atoms with Gasteiger partial charge in [-0.2, -0.15) is 0 Å². The Morgan fingerprint density at radius 2 is 2.19 bits per heavy atom. The van der Waals surface area contributed by atoms with E-state index in [-0.39, 0.29) is 17.5 Å². The maximum atomic E-state index is 11.8. The van der Waals surface area contributed by atoms with E-state index in [1.54, 1.807) is 4.68 Å². The quantitative estimate of drug-likeness (QED) is 0.733. The first kappa shape index (κ1) is 19.5. The topological polar surface area (TPSA) is 67.2 Å². The fourth-order valence-electron chi connectivity index (χ4n) is 3.16. The minimum atomic E-state index is -2.90. The van der Waals surface area contributed by atoms with Gasteiger partial charge in [-0.3, -0.25) is 4.90 Å². The predicted molar refractivity (Wildman–Crippen MR) is 110 cm³/mol. The number of hydrogen-bond donors (Lipinski definition) is 1. The Morgan fingerprint density at radius 3 is 2.85 bits per heavy atom. The summed E-state index contributed by atoms with van der Waals surface area (Å²) >= 11 is 6.90. The van der Waals surface area contributed by atoms with Gasteiger partial charge in [0.2, 0.25) is 5.13 Å². The molecule has 1 atom stereocenters. The maximum absolute atomic E-state index is 11.8. The molecule has 0 saturated carbocycles. The van der Waals surface area contributed by atoms with Gasteiger partial charge < -0.3 is 5.32 Å². The molecule has 0 unspecified atom stereocenters. The highest BCUT2D eigenvalue weighted by Gasteiger charge is 2.31. The van der Waals surface area contributed by atoms with Gasteiger partial charge in [-0.25, -0.2) is 13.1 Å². The molecule has 142 valence electrons. The molecule has 1 fully saturated rings. The highest BCUT2D eigenvalue weighted by molar-refractivity contribution is 7.91. The summed E-state index contributed by atoms with van der Waals surface area (Å²) in [7, 11) is -2.90. The number of sulfone groups is 1. The van der Waals surface area contributed by atoms with Gasteiger partial charge in [-0.15, -0.1) is 5.10 Å². The third kappa shape index (κ3) is 4.33. The number of aryl methyl sites for hydroxylation is 1. The lowest BCUT2D eigenvalue weighted by atomic mass is 10.1. The molecular formula is C17H24N4O2S3. The van der Waals surface area contributed by atoms with Crippen molar-refractivity contribution in [2.45, 2.75) is 39.9 Å². The zero-order valence-electron chi connectivity index (χ0n) is 15.2. The smallest absolute Gasteiger partial charge is 0.209 e. The molecule has 2 heterocycles. The second kappa shape index (κ2) is 7.75. The third-order valence-electron chi connectivity index (χ3n) is 4.90. The molecule has 0 bridgehead atoms. The minimum absolute atomic E-state index is 0.0454. The van der Waals surface area contributed by atoms with Crippen LogP contribution in [0.15, 0.2) is 18.2 Å². The van der Waals surface area contributed by atoms with E-state index >= 15 is 0 Å². The molecule has 1 aliphatic heterocycles. The number of aromatic nitrogens is 2. The van der Waals surface area contributed by atoms with Crippen LogP contribution in [0, 0.1) is 17.8 Å². The van der Waals surface area contributed by atoms with Crippen LogP contribution in [0.25, 0.3) is 0 Å². The lowest BCUT2D eigenvalue weighted by Gasteiger charge is -2.26. The average Bonchev–Trinajstić information content (AvgIpc) is 3.11. The van der Waals surface area contributed by atoms with Gasteiger partial charge in [0, 0.05) is 11.7 Å². The lowest BCUT2D eigenvalue weighted by Crippen LogP contribution is -2.37. The van der Waals surface area contributed by atoms with E-state index in [4.69, 9.17) is 12.2 Å². The van der Waals surface area contributed by atoms with E-state index in [0.717, 1.165) is 17.4 Å². The second-order valence-electron chi connectivity index (χ2n) is 6.65. The first-order valence-electron chi connectivity index (χ1n) is 8.64. The van der Waals surface area contributed by atoms with Crippen molar-refractivity contribution in [2.75, 3.05) is 23.4 Å². The van der Waals surface area contributed by atoms with E-state index in [0.29, 0.717) is 17.0 Å². The number of anilines is 2. The summed E-state index contributed by atoms with van der Waals surface area (Å²) in [5.41, 5.74) is 3.43. The first-order valence-corrected chi connectivity index (χ1v) is 11.7. The van der Waals surface area contributed by atoms with Crippen molar-refractivity contribution in [2.24, 2.45) is 0 Å². The van der Waals surface area contributed by atoms with Crippen LogP contribution in [-0.2, 0) is 16.5 Å². The molecule has 0 radical (unpaired) electrons. The fraction of sp³-hybridized carbons (Fsp3) is 0.529. The van der Waals surface area contributed by atoms with Crippen LogP contribution in [0.1, 0.15) is 24.5 Å². The summed E-state index contributed by atoms with van der Waals surface area (Å²) < 4.78 is 26.0. The zero-order chi connectivity index (χ0) is 18.9. The van der Waals surface area contributed by atoms with Crippen LogP contribution in [0.5, 0.6) is 0 Å². The van der Waals surface area contributed by atoms with Crippen LogP contribution in [0.3, 0.4) is 0 Å². The Balaban J connectivity index is 1.75. The molecule has 0 amide bonds. The molecule has 1 aliphatic rings. The van der Waals surface area contributed by atoms with Gasteiger partial charge in [-0.1, -0.05) is 30.4 Å². The van der Waals surface area contributed by atoms with E-state index < -0.39 is 9.84 Å². The van der Waals surface area contributed by atoms with Gasteiger partial charge in [0.05, 0.1) is 18.2 Å². The molecule has 1 aromatic carbocycles. The molecule has 2 aromatic rings. The minimum Gasteiger partial charge on any atom is -0.330 e. The van der Waals surface area contributed by atoms with Gasteiger partial charge in [0.1, 0.15) is 0 Å². The maximum Gasteiger partial charge on any atom is 0.209 e. The van der Waals surface area contributed by atoms with E-state index in [1.165, 1.54) is 22.5 Å². The van der Waals surface area contributed by atoms with Crippen molar-refractivity contribution >= 4 is 44.2 Å². The van der Waals surface area contributed by atoms with Crippen molar-refractivity contribution in [3.05, 3.63) is 33.3 Å².